The molecule has 1 saturated heterocycles. The standard InChI is InChI=1S/C14H18N6O/c1-19-12(5-7-17-19)13(21)20-8-2-3-10(9-20)11-4-6-16-14(15)18-11/h4-7,10H,2-3,8-9H2,1H3,(H2,15,16,18). The van der Waals surface area contributed by atoms with Crippen LogP contribution in [0.1, 0.15) is 34.9 Å². The van der Waals surface area contributed by atoms with E-state index >= 15 is 0 Å². The molecule has 3 rings (SSSR count). The number of nitrogens with zero attached hydrogens (tertiary/aromatic N) is 5. The maximum atomic E-state index is 12.5. The molecule has 1 aliphatic heterocycles. The number of piperidine rings is 1. The van der Waals surface area contributed by atoms with Gasteiger partial charge in [0, 0.05) is 38.4 Å². The molecule has 1 unspecified atom stereocenters. The number of anilines is 1. The van der Waals surface area contributed by atoms with E-state index in [1.807, 2.05) is 11.0 Å². The molecule has 0 aromatic carbocycles. The molecular weight excluding hydrogens is 268 g/mol. The fourth-order valence-corrected chi connectivity index (χ4v) is 2.76. The molecule has 1 fully saturated rings. The molecule has 1 atom stereocenters. The highest BCUT2D eigenvalue weighted by Crippen LogP contribution is 2.26. The Labute approximate surface area is 122 Å². The smallest absolute Gasteiger partial charge is 0.272 e. The molecule has 0 aliphatic carbocycles. The molecule has 0 radical (unpaired) electrons. The molecule has 1 aliphatic rings. The van der Waals surface area contributed by atoms with Gasteiger partial charge >= 0.3 is 0 Å². The Morgan fingerprint density at radius 3 is 2.95 bits per heavy atom. The van der Waals surface area contributed by atoms with Crippen molar-refractivity contribution < 1.29 is 4.79 Å². The summed E-state index contributed by atoms with van der Waals surface area (Å²) in [5.74, 6) is 0.505. The van der Waals surface area contributed by atoms with Crippen LogP contribution in [-0.2, 0) is 7.05 Å². The van der Waals surface area contributed by atoms with E-state index < -0.39 is 0 Å². The molecule has 3 heterocycles. The lowest BCUT2D eigenvalue weighted by molar-refractivity contribution is 0.0694. The molecule has 7 heteroatoms. The van der Waals surface area contributed by atoms with E-state index in [-0.39, 0.29) is 17.8 Å². The molecular formula is C14H18N6O. The summed E-state index contributed by atoms with van der Waals surface area (Å²) in [6, 6.07) is 3.62. The highest BCUT2D eigenvalue weighted by atomic mass is 16.2. The molecule has 2 aromatic rings. The lowest BCUT2D eigenvalue weighted by Gasteiger charge is -2.32. The Kier molecular flexibility index (Phi) is 3.55. The van der Waals surface area contributed by atoms with Crippen molar-refractivity contribution >= 4 is 11.9 Å². The summed E-state index contributed by atoms with van der Waals surface area (Å²) in [4.78, 5) is 22.6. The van der Waals surface area contributed by atoms with Crippen molar-refractivity contribution in [1.29, 1.82) is 0 Å². The average Bonchev–Trinajstić information content (AvgIpc) is 2.93. The number of nitrogens with two attached hydrogens (primary N) is 1. The number of aryl methyl sites for hydroxylation is 1. The number of aromatic nitrogens is 4. The molecule has 110 valence electrons. The third kappa shape index (κ3) is 2.72. The zero-order chi connectivity index (χ0) is 14.8. The number of rotatable bonds is 2. The van der Waals surface area contributed by atoms with Crippen LogP contribution in [0.5, 0.6) is 0 Å². The number of carbonyl (C=O) groups excluding carboxylic acids is 1. The van der Waals surface area contributed by atoms with E-state index in [9.17, 15) is 4.79 Å². The summed E-state index contributed by atoms with van der Waals surface area (Å²) in [6.45, 7) is 1.42. The van der Waals surface area contributed by atoms with Gasteiger partial charge in [-0.05, 0) is 25.0 Å². The van der Waals surface area contributed by atoms with E-state index in [0.29, 0.717) is 12.2 Å². The predicted octanol–water partition coefficient (Wildman–Crippen LogP) is 0.812. The summed E-state index contributed by atoms with van der Waals surface area (Å²) in [5, 5.41) is 4.05. The van der Waals surface area contributed by atoms with Gasteiger partial charge in [-0.25, -0.2) is 9.97 Å². The zero-order valence-corrected chi connectivity index (χ0v) is 11.9. The van der Waals surface area contributed by atoms with E-state index in [0.717, 1.165) is 25.1 Å². The van der Waals surface area contributed by atoms with Gasteiger partial charge in [-0.2, -0.15) is 5.10 Å². The first-order chi connectivity index (χ1) is 10.1. The largest absolute Gasteiger partial charge is 0.368 e. The summed E-state index contributed by atoms with van der Waals surface area (Å²) in [7, 11) is 1.78. The van der Waals surface area contributed by atoms with Crippen LogP contribution >= 0.6 is 0 Å². The van der Waals surface area contributed by atoms with Crippen LogP contribution in [0, 0.1) is 0 Å². The maximum absolute atomic E-state index is 12.5. The highest BCUT2D eigenvalue weighted by Gasteiger charge is 2.27. The third-order valence-electron chi connectivity index (χ3n) is 3.86. The van der Waals surface area contributed by atoms with Gasteiger partial charge < -0.3 is 10.6 Å². The SMILES string of the molecule is Cn1nccc1C(=O)N1CCCC(c2ccnc(N)n2)C1. The molecule has 2 aromatic heterocycles. The van der Waals surface area contributed by atoms with E-state index in [1.165, 1.54) is 0 Å². The first-order valence-corrected chi connectivity index (χ1v) is 7.01. The van der Waals surface area contributed by atoms with E-state index in [4.69, 9.17) is 5.73 Å². The number of hydrogen-bond acceptors (Lipinski definition) is 5. The summed E-state index contributed by atoms with van der Waals surface area (Å²) in [5.41, 5.74) is 7.16. The van der Waals surface area contributed by atoms with Crippen LogP contribution in [0.4, 0.5) is 5.95 Å². The van der Waals surface area contributed by atoms with Gasteiger partial charge in [-0.1, -0.05) is 0 Å². The van der Waals surface area contributed by atoms with Crippen molar-refractivity contribution in [3.05, 3.63) is 35.9 Å². The van der Waals surface area contributed by atoms with Gasteiger partial charge in [-0.15, -0.1) is 0 Å². The predicted molar refractivity (Wildman–Crippen MR) is 77.5 cm³/mol. The number of likely N-dealkylation sites (tertiary alicyclic amines) is 1. The summed E-state index contributed by atoms with van der Waals surface area (Å²) >= 11 is 0. The second kappa shape index (κ2) is 5.51. The minimum absolute atomic E-state index is 0.0155. The Morgan fingerprint density at radius 1 is 1.38 bits per heavy atom. The van der Waals surface area contributed by atoms with E-state index in [2.05, 4.69) is 15.1 Å². The van der Waals surface area contributed by atoms with Crippen LogP contribution in [0.25, 0.3) is 0 Å². The Balaban J connectivity index is 1.77. The van der Waals surface area contributed by atoms with Gasteiger partial charge in [0.15, 0.2) is 0 Å². The summed E-state index contributed by atoms with van der Waals surface area (Å²) in [6.07, 6.45) is 5.27. The van der Waals surface area contributed by atoms with Gasteiger partial charge in [0.1, 0.15) is 5.69 Å². The molecule has 21 heavy (non-hydrogen) atoms. The number of carbonyl (C=O) groups is 1. The normalized spacial score (nSPS) is 18.7. The molecule has 1 amide bonds. The number of hydrogen-bond donors (Lipinski definition) is 1. The first-order valence-electron chi connectivity index (χ1n) is 7.01. The lowest BCUT2D eigenvalue weighted by Crippen LogP contribution is -2.40. The second-order valence-corrected chi connectivity index (χ2v) is 5.27. The van der Waals surface area contributed by atoms with Crippen LogP contribution in [0.2, 0.25) is 0 Å². The van der Waals surface area contributed by atoms with Gasteiger partial charge in [-0.3, -0.25) is 9.48 Å². The highest BCUT2D eigenvalue weighted by molar-refractivity contribution is 5.92. The first kappa shape index (κ1) is 13.5. The van der Waals surface area contributed by atoms with Crippen molar-refractivity contribution in [2.75, 3.05) is 18.8 Å². The van der Waals surface area contributed by atoms with Crippen LogP contribution in [-0.4, -0.2) is 43.6 Å². The fourth-order valence-electron chi connectivity index (χ4n) is 2.76. The Morgan fingerprint density at radius 2 is 2.24 bits per heavy atom. The van der Waals surface area contributed by atoms with Crippen molar-refractivity contribution in [3.63, 3.8) is 0 Å². The van der Waals surface area contributed by atoms with Crippen LogP contribution < -0.4 is 5.73 Å². The molecule has 0 bridgehead atoms. The molecule has 0 saturated carbocycles. The Bertz CT molecular complexity index is 652. The van der Waals surface area contributed by atoms with Gasteiger partial charge in [0.05, 0.1) is 5.69 Å². The van der Waals surface area contributed by atoms with Crippen molar-refractivity contribution in [3.8, 4) is 0 Å². The molecule has 0 spiro atoms. The number of nitrogen functional groups attached to an aromatic ring is 1. The minimum Gasteiger partial charge on any atom is -0.368 e. The molecule has 2 N–H and O–H groups in total. The fraction of sp³-hybridized carbons (Fsp3) is 0.429. The lowest BCUT2D eigenvalue weighted by atomic mass is 9.94. The van der Waals surface area contributed by atoms with Crippen molar-refractivity contribution in [1.82, 2.24) is 24.6 Å². The Hall–Kier alpha value is -2.44. The van der Waals surface area contributed by atoms with Gasteiger partial charge in [0.2, 0.25) is 5.95 Å². The van der Waals surface area contributed by atoms with Crippen LogP contribution in [0.15, 0.2) is 24.5 Å². The maximum Gasteiger partial charge on any atom is 0.272 e. The second-order valence-electron chi connectivity index (χ2n) is 5.27. The van der Waals surface area contributed by atoms with Crippen molar-refractivity contribution in [2.45, 2.75) is 18.8 Å². The zero-order valence-electron chi connectivity index (χ0n) is 11.9. The van der Waals surface area contributed by atoms with Crippen LogP contribution in [0.3, 0.4) is 0 Å². The quantitative estimate of drug-likeness (QED) is 0.882. The molecule has 7 nitrogen and oxygen atoms in total. The number of amides is 1. The average molecular weight is 286 g/mol. The monoisotopic (exact) mass is 286 g/mol. The topological polar surface area (TPSA) is 89.9 Å². The van der Waals surface area contributed by atoms with Gasteiger partial charge in [0.25, 0.3) is 5.91 Å². The van der Waals surface area contributed by atoms with Crippen molar-refractivity contribution in [2.24, 2.45) is 7.05 Å². The summed E-state index contributed by atoms with van der Waals surface area (Å²) < 4.78 is 1.61. The third-order valence-corrected chi connectivity index (χ3v) is 3.86. The minimum atomic E-state index is 0.0155. The van der Waals surface area contributed by atoms with E-state index in [1.54, 1.807) is 30.2 Å².